The summed E-state index contributed by atoms with van der Waals surface area (Å²) in [6.45, 7) is 8.19. The van der Waals surface area contributed by atoms with Crippen molar-refractivity contribution in [3.8, 4) is 11.1 Å². The number of pyridine rings is 1. The summed E-state index contributed by atoms with van der Waals surface area (Å²) >= 11 is 0. The van der Waals surface area contributed by atoms with Crippen LogP contribution in [0.1, 0.15) is 97.3 Å². The summed E-state index contributed by atoms with van der Waals surface area (Å²) in [5.74, 6) is -5.87. The Kier molecular flexibility index (Phi) is 10.9. The molecule has 1 saturated carbocycles. The van der Waals surface area contributed by atoms with E-state index in [1.807, 2.05) is 4.90 Å². The molecule has 7 nitrogen and oxygen atoms in total. The van der Waals surface area contributed by atoms with Gasteiger partial charge in [-0.05, 0) is 105 Å². The smallest absolute Gasteiger partial charge is 0.416 e. The molecule has 2 aliphatic rings. The van der Waals surface area contributed by atoms with Crippen molar-refractivity contribution < 1.29 is 41.0 Å². The molecule has 2 atom stereocenters. The minimum Gasteiger partial charge on any atom is -0.481 e. The van der Waals surface area contributed by atoms with Crippen molar-refractivity contribution in [2.45, 2.75) is 90.4 Å². The molecule has 5 rings (SSSR count). The SMILES string of the molecule is Cc1c(F)cccc1-c1c(C)c(C2CC2)c(F)c([C@H](CC(=O)O)NC(=O)[C@H](CC(C)C)n2cc(CCN3CCC3)c(C(F)(F)F)cc2=O)c1F. The fourth-order valence-electron chi connectivity index (χ4n) is 6.85. The first-order valence-electron chi connectivity index (χ1n) is 16.8. The minimum absolute atomic E-state index is 0.0429. The van der Waals surface area contributed by atoms with Crippen LogP contribution in [-0.2, 0) is 22.2 Å². The van der Waals surface area contributed by atoms with Crippen molar-refractivity contribution >= 4 is 11.9 Å². The van der Waals surface area contributed by atoms with E-state index in [4.69, 9.17) is 0 Å². The number of aromatic nitrogens is 1. The van der Waals surface area contributed by atoms with Gasteiger partial charge in [0.1, 0.15) is 23.5 Å². The number of halogens is 6. The van der Waals surface area contributed by atoms with Gasteiger partial charge in [0.05, 0.1) is 18.0 Å². The summed E-state index contributed by atoms with van der Waals surface area (Å²) in [7, 11) is 0. The number of benzene rings is 2. The Morgan fingerprint density at radius 1 is 1.04 bits per heavy atom. The molecule has 0 unspecified atom stereocenters. The molecule has 0 spiro atoms. The molecule has 50 heavy (non-hydrogen) atoms. The molecule has 2 fully saturated rings. The van der Waals surface area contributed by atoms with Crippen molar-refractivity contribution in [2.24, 2.45) is 5.92 Å². The maximum Gasteiger partial charge on any atom is 0.416 e. The zero-order valence-corrected chi connectivity index (χ0v) is 28.4. The Morgan fingerprint density at radius 2 is 1.72 bits per heavy atom. The first-order valence-corrected chi connectivity index (χ1v) is 16.8. The van der Waals surface area contributed by atoms with Crippen LogP contribution in [0.3, 0.4) is 0 Å². The number of carboxylic acids is 1. The molecule has 0 radical (unpaired) electrons. The quantitative estimate of drug-likeness (QED) is 0.179. The predicted octanol–water partition coefficient (Wildman–Crippen LogP) is 7.61. The number of alkyl halides is 3. The number of nitrogens with zero attached hydrogens (tertiary/aromatic N) is 2. The second-order valence-electron chi connectivity index (χ2n) is 13.8. The van der Waals surface area contributed by atoms with Gasteiger partial charge < -0.3 is 19.9 Å². The van der Waals surface area contributed by atoms with E-state index < -0.39 is 70.7 Å². The molecule has 1 saturated heterocycles. The first-order chi connectivity index (χ1) is 23.5. The monoisotopic (exact) mass is 705 g/mol. The summed E-state index contributed by atoms with van der Waals surface area (Å²) in [6, 6.07) is 1.28. The van der Waals surface area contributed by atoms with Crippen molar-refractivity contribution in [3.63, 3.8) is 0 Å². The number of hydrogen-bond acceptors (Lipinski definition) is 4. The molecule has 0 bridgehead atoms. The number of aliphatic carboxylic acids is 1. The number of carbonyl (C=O) groups excluding carboxylic acids is 1. The molecule has 13 heteroatoms. The highest BCUT2D eigenvalue weighted by molar-refractivity contribution is 5.82. The molecule has 2 aromatic carbocycles. The number of carboxylic acid groups (broad SMARTS) is 1. The molecule has 1 aliphatic carbocycles. The highest BCUT2D eigenvalue weighted by Crippen LogP contribution is 2.48. The standard InChI is InChI=1S/C37H41F6N3O4/c1-19(2)15-28(46-18-23(11-14-45-12-6-13-45)25(16-29(46)47)37(41,42)43)36(50)44-27(17-30(48)49)33-34(39)31(22-9-10-22)21(4)32(35(33)40)24-7-5-8-26(38)20(24)3/h5,7-8,16,18-19,22,27-28H,6,9-15,17H2,1-4H3,(H,44,50)(H,48,49)/t27-,28-/m0/s1. The zero-order valence-electron chi connectivity index (χ0n) is 28.4. The molecule has 2 N–H and O–H groups in total. The Balaban J connectivity index is 1.62. The summed E-state index contributed by atoms with van der Waals surface area (Å²) < 4.78 is 90.9. The van der Waals surface area contributed by atoms with E-state index >= 15 is 8.78 Å². The molecule has 1 aliphatic heterocycles. The molecular formula is C37H41F6N3O4. The Hall–Kier alpha value is -4.13. The van der Waals surface area contributed by atoms with Gasteiger partial charge in [0.2, 0.25) is 5.91 Å². The summed E-state index contributed by atoms with van der Waals surface area (Å²) in [5, 5.41) is 12.3. The van der Waals surface area contributed by atoms with E-state index in [0.29, 0.717) is 25.5 Å². The lowest BCUT2D eigenvalue weighted by molar-refractivity contribution is -0.139. The van der Waals surface area contributed by atoms with Crippen LogP contribution >= 0.6 is 0 Å². The van der Waals surface area contributed by atoms with E-state index in [2.05, 4.69) is 5.32 Å². The average Bonchev–Trinajstić information content (AvgIpc) is 3.82. The third-order valence-corrected chi connectivity index (χ3v) is 9.72. The van der Waals surface area contributed by atoms with Gasteiger partial charge in [-0.15, -0.1) is 0 Å². The van der Waals surface area contributed by atoms with Gasteiger partial charge in [-0.3, -0.25) is 14.4 Å². The van der Waals surface area contributed by atoms with Crippen molar-refractivity contribution in [1.82, 2.24) is 14.8 Å². The topological polar surface area (TPSA) is 91.6 Å². The van der Waals surface area contributed by atoms with Crippen LogP contribution < -0.4 is 10.9 Å². The number of carbonyl (C=O) groups is 2. The number of likely N-dealkylation sites (tertiary alicyclic amines) is 1. The van der Waals surface area contributed by atoms with E-state index in [1.54, 1.807) is 13.8 Å². The van der Waals surface area contributed by atoms with Crippen LogP contribution in [-0.4, -0.2) is 46.1 Å². The Bertz CT molecular complexity index is 1850. The lowest BCUT2D eigenvalue weighted by Gasteiger charge is -2.31. The van der Waals surface area contributed by atoms with Gasteiger partial charge in [-0.1, -0.05) is 26.0 Å². The van der Waals surface area contributed by atoms with Crippen LogP contribution in [0, 0.1) is 37.2 Å². The lowest BCUT2D eigenvalue weighted by atomic mass is 9.86. The highest BCUT2D eigenvalue weighted by Gasteiger charge is 2.39. The van der Waals surface area contributed by atoms with Gasteiger partial charge in [0.25, 0.3) is 5.56 Å². The van der Waals surface area contributed by atoms with E-state index in [1.165, 1.54) is 32.0 Å². The van der Waals surface area contributed by atoms with Gasteiger partial charge in [0.15, 0.2) is 0 Å². The third kappa shape index (κ3) is 7.77. The Morgan fingerprint density at radius 3 is 2.28 bits per heavy atom. The van der Waals surface area contributed by atoms with Gasteiger partial charge in [0, 0.05) is 29.9 Å². The van der Waals surface area contributed by atoms with E-state index in [0.717, 1.165) is 30.3 Å². The number of amides is 1. The maximum absolute atomic E-state index is 16.7. The van der Waals surface area contributed by atoms with Crippen molar-refractivity contribution in [1.29, 1.82) is 0 Å². The minimum atomic E-state index is -4.83. The zero-order chi connectivity index (χ0) is 36.7. The van der Waals surface area contributed by atoms with Gasteiger partial charge in [-0.2, -0.15) is 13.2 Å². The number of rotatable bonds is 13. The lowest BCUT2D eigenvalue weighted by Crippen LogP contribution is -2.41. The fourth-order valence-corrected chi connectivity index (χ4v) is 6.85. The van der Waals surface area contributed by atoms with Crippen LogP contribution in [0.2, 0.25) is 0 Å². The third-order valence-electron chi connectivity index (χ3n) is 9.72. The molecule has 2 heterocycles. The summed E-state index contributed by atoms with van der Waals surface area (Å²) in [6.07, 6.45) is -2.75. The van der Waals surface area contributed by atoms with Gasteiger partial charge >= 0.3 is 12.1 Å². The van der Waals surface area contributed by atoms with Crippen molar-refractivity contribution in [2.75, 3.05) is 19.6 Å². The largest absolute Gasteiger partial charge is 0.481 e. The van der Waals surface area contributed by atoms with Crippen LogP contribution in [0.5, 0.6) is 0 Å². The van der Waals surface area contributed by atoms with E-state index in [9.17, 15) is 37.1 Å². The molecule has 1 amide bonds. The molecule has 1 aromatic heterocycles. The maximum atomic E-state index is 16.7. The fraction of sp³-hybridized carbons (Fsp3) is 0.486. The van der Waals surface area contributed by atoms with Crippen LogP contribution in [0.15, 0.2) is 35.3 Å². The highest BCUT2D eigenvalue weighted by atomic mass is 19.4. The summed E-state index contributed by atoms with van der Waals surface area (Å²) in [4.78, 5) is 41.5. The Labute approximate surface area is 286 Å². The number of nitrogens with one attached hydrogen (secondary N) is 1. The second kappa shape index (κ2) is 14.6. The van der Waals surface area contributed by atoms with Gasteiger partial charge in [-0.25, -0.2) is 13.2 Å². The predicted molar refractivity (Wildman–Crippen MR) is 175 cm³/mol. The molecular weight excluding hydrogens is 664 g/mol. The van der Waals surface area contributed by atoms with Crippen LogP contribution in [0.25, 0.3) is 11.1 Å². The number of hydrogen-bond donors (Lipinski definition) is 2. The molecule has 3 aromatic rings. The normalized spacial score (nSPS) is 16.3. The first kappa shape index (κ1) is 37.1. The van der Waals surface area contributed by atoms with E-state index in [-0.39, 0.29) is 58.1 Å². The average molecular weight is 706 g/mol. The van der Waals surface area contributed by atoms with Crippen molar-refractivity contribution in [3.05, 3.63) is 91.6 Å². The molecule has 270 valence electrons. The second-order valence-corrected chi connectivity index (χ2v) is 13.8. The summed E-state index contributed by atoms with van der Waals surface area (Å²) in [5.41, 5.74) is -2.61. The van der Waals surface area contributed by atoms with Crippen LogP contribution in [0.4, 0.5) is 26.3 Å².